The van der Waals surface area contributed by atoms with Crippen molar-refractivity contribution in [2.24, 2.45) is 5.41 Å². The Labute approximate surface area is 270 Å². The number of carboxylic acids is 1. The molecule has 1 saturated heterocycles. The average molecular weight is 672 g/mol. The Hall–Kier alpha value is -4.55. The van der Waals surface area contributed by atoms with Crippen molar-refractivity contribution in [3.8, 4) is 17.1 Å². The van der Waals surface area contributed by atoms with Crippen LogP contribution in [0.4, 0.5) is 22.0 Å². The molecule has 3 aromatic carbocycles. The molecule has 1 fully saturated rings. The molecule has 3 heterocycles. The van der Waals surface area contributed by atoms with Gasteiger partial charge in [-0.25, -0.2) is 23.5 Å². The number of rotatable bonds is 8. The molecule has 244 valence electrons. The Balaban J connectivity index is 1.30. The van der Waals surface area contributed by atoms with Crippen LogP contribution in [-0.4, -0.2) is 38.8 Å². The van der Waals surface area contributed by atoms with Crippen LogP contribution in [0.3, 0.4) is 0 Å². The summed E-state index contributed by atoms with van der Waals surface area (Å²) in [6.45, 7) is 4.30. The maximum absolute atomic E-state index is 15.7. The third-order valence-electron chi connectivity index (χ3n) is 8.21. The average Bonchev–Trinajstić information content (AvgIpc) is 3.54. The Morgan fingerprint density at radius 3 is 2.53 bits per heavy atom. The number of carbonyl (C=O) groups is 1. The van der Waals surface area contributed by atoms with Crippen molar-refractivity contribution in [2.75, 3.05) is 13.2 Å². The molecule has 0 bridgehead atoms. The zero-order chi connectivity index (χ0) is 33.7. The molecule has 47 heavy (non-hydrogen) atoms. The highest BCUT2D eigenvalue weighted by molar-refractivity contribution is 6.30. The van der Waals surface area contributed by atoms with Gasteiger partial charge < -0.3 is 19.1 Å². The highest BCUT2D eigenvalue weighted by Gasteiger charge is 2.39. The molecule has 0 saturated carbocycles. The van der Waals surface area contributed by atoms with Crippen molar-refractivity contribution in [3.63, 3.8) is 0 Å². The van der Waals surface area contributed by atoms with Crippen molar-refractivity contribution in [2.45, 2.75) is 39.1 Å². The molecule has 7 nitrogen and oxygen atoms in total. The zero-order valence-corrected chi connectivity index (χ0v) is 25.8. The van der Waals surface area contributed by atoms with Crippen LogP contribution in [0.15, 0.2) is 66.7 Å². The van der Waals surface area contributed by atoms with E-state index in [-0.39, 0.29) is 56.7 Å². The topological polar surface area (TPSA) is 86.5 Å². The summed E-state index contributed by atoms with van der Waals surface area (Å²) in [5.41, 5.74) is -0.521. The number of nitrogens with zero attached hydrogens (tertiary/aromatic N) is 3. The van der Waals surface area contributed by atoms with Gasteiger partial charge in [0.2, 0.25) is 5.88 Å². The van der Waals surface area contributed by atoms with Gasteiger partial charge in [0.15, 0.2) is 0 Å². The number of imidazole rings is 1. The minimum Gasteiger partial charge on any atom is -0.478 e. The summed E-state index contributed by atoms with van der Waals surface area (Å²) in [5, 5.41) is 9.50. The lowest BCUT2D eigenvalue weighted by Gasteiger charge is -2.28. The molecule has 1 N–H and O–H groups in total. The first kappa shape index (κ1) is 32.4. The van der Waals surface area contributed by atoms with E-state index in [2.05, 4.69) is 9.97 Å². The quantitative estimate of drug-likeness (QED) is 0.167. The van der Waals surface area contributed by atoms with Gasteiger partial charge in [-0.05, 0) is 54.1 Å². The highest BCUT2D eigenvalue weighted by Crippen LogP contribution is 2.41. The van der Waals surface area contributed by atoms with Crippen molar-refractivity contribution in [1.82, 2.24) is 14.5 Å². The van der Waals surface area contributed by atoms with Crippen LogP contribution in [0, 0.1) is 17.0 Å². The highest BCUT2D eigenvalue weighted by atomic mass is 35.5. The fourth-order valence-corrected chi connectivity index (χ4v) is 5.93. The van der Waals surface area contributed by atoms with Crippen LogP contribution in [0.25, 0.3) is 22.3 Å². The molecule has 0 radical (unpaired) electrons. The number of halogens is 6. The third-order valence-corrected chi connectivity index (χ3v) is 8.45. The standard InChI is InChI=1S/C34H27ClF5N3O4/c1-33(2)17-46-16-29(33)43-28-11-18(32(44)45)7-9-27(28)41-30(43)12-20-10-25(37)22(14-24(20)36)26-4-3-5-31(42-26)47-15-19-6-8-21(35)13-23(19)34(38,39)40/h3-11,13-14,29H,12,15-17H2,1-2H3,(H,44,45)/t29-/m1/s1. The van der Waals surface area contributed by atoms with E-state index in [0.29, 0.717) is 30.1 Å². The fraction of sp³-hybridized carbons (Fsp3) is 0.265. The lowest BCUT2D eigenvalue weighted by atomic mass is 9.87. The van der Waals surface area contributed by atoms with Gasteiger partial charge >= 0.3 is 12.1 Å². The number of alkyl halides is 3. The van der Waals surface area contributed by atoms with E-state index < -0.39 is 36.0 Å². The second kappa shape index (κ2) is 12.2. The second-order valence-corrected chi connectivity index (χ2v) is 12.4. The Morgan fingerprint density at radius 1 is 1.04 bits per heavy atom. The number of pyridine rings is 1. The summed E-state index contributed by atoms with van der Waals surface area (Å²) >= 11 is 5.75. The third kappa shape index (κ3) is 6.52. The summed E-state index contributed by atoms with van der Waals surface area (Å²) < 4.78 is 84.8. The van der Waals surface area contributed by atoms with Crippen LogP contribution in [0.2, 0.25) is 5.02 Å². The van der Waals surface area contributed by atoms with Gasteiger partial charge in [0.1, 0.15) is 24.1 Å². The van der Waals surface area contributed by atoms with E-state index in [0.717, 1.165) is 18.2 Å². The van der Waals surface area contributed by atoms with Crippen LogP contribution < -0.4 is 4.74 Å². The number of hydrogen-bond donors (Lipinski definition) is 1. The van der Waals surface area contributed by atoms with Gasteiger partial charge in [-0.15, -0.1) is 0 Å². The van der Waals surface area contributed by atoms with Crippen molar-refractivity contribution in [3.05, 3.63) is 111 Å². The zero-order valence-electron chi connectivity index (χ0n) is 25.0. The van der Waals surface area contributed by atoms with Crippen LogP contribution >= 0.6 is 11.6 Å². The Morgan fingerprint density at radius 2 is 1.83 bits per heavy atom. The number of aromatic nitrogens is 3. The van der Waals surface area contributed by atoms with E-state index >= 15 is 8.78 Å². The number of carboxylic acid groups (broad SMARTS) is 1. The van der Waals surface area contributed by atoms with E-state index in [1.54, 1.807) is 6.07 Å². The smallest absolute Gasteiger partial charge is 0.416 e. The molecule has 1 aliphatic heterocycles. The first-order chi connectivity index (χ1) is 22.2. The van der Waals surface area contributed by atoms with Gasteiger partial charge in [-0.3, -0.25) is 0 Å². The van der Waals surface area contributed by atoms with Crippen LogP contribution in [0.1, 0.15) is 52.8 Å². The van der Waals surface area contributed by atoms with Crippen molar-refractivity contribution in [1.29, 1.82) is 0 Å². The summed E-state index contributed by atoms with van der Waals surface area (Å²) in [6, 6.07) is 13.9. The van der Waals surface area contributed by atoms with Gasteiger partial charge in [-0.1, -0.05) is 37.6 Å². The van der Waals surface area contributed by atoms with E-state index in [4.69, 9.17) is 21.1 Å². The largest absolute Gasteiger partial charge is 0.478 e. The molecule has 13 heteroatoms. The van der Waals surface area contributed by atoms with Gasteiger partial charge in [0.25, 0.3) is 0 Å². The first-order valence-electron chi connectivity index (χ1n) is 14.5. The Kier molecular flexibility index (Phi) is 8.43. The van der Waals surface area contributed by atoms with Gasteiger partial charge in [0, 0.05) is 34.1 Å². The molecule has 2 aromatic heterocycles. The normalized spacial score (nSPS) is 16.1. The van der Waals surface area contributed by atoms with Crippen LogP contribution in [-0.2, 0) is 23.9 Å². The fourth-order valence-electron chi connectivity index (χ4n) is 5.75. The van der Waals surface area contributed by atoms with E-state index in [9.17, 15) is 23.1 Å². The van der Waals surface area contributed by atoms with Crippen molar-refractivity contribution >= 4 is 28.6 Å². The monoisotopic (exact) mass is 671 g/mol. The first-order valence-corrected chi connectivity index (χ1v) is 14.8. The molecule has 1 atom stereocenters. The molecule has 1 aliphatic rings. The number of hydrogen-bond acceptors (Lipinski definition) is 5. The van der Waals surface area contributed by atoms with Gasteiger partial charge in [0.05, 0.1) is 47.1 Å². The minimum atomic E-state index is -4.66. The van der Waals surface area contributed by atoms with E-state index in [1.165, 1.54) is 42.5 Å². The molecular weight excluding hydrogens is 645 g/mol. The van der Waals surface area contributed by atoms with Gasteiger partial charge in [-0.2, -0.15) is 13.2 Å². The van der Waals surface area contributed by atoms with E-state index in [1.807, 2.05) is 18.4 Å². The lowest BCUT2D eigenvalue weighted by Crippen LogP contribution is -2.27. The summed E-state index contributed by atoms with van der Waals surface area (Å²) in [5.74, 6) is -2.32. The molecule has 0 spiro atoms. The molecule has 0 amide bonds. The van der Waals surface area contributed by atoms with Crippen molar-refractivity contribution < 1.29 is 41.3 Å². The summed E-state index contributed by atoms with van der Waals surface area (Å²) in [7, 11) is 0. The maximum atomic E-state index is 15.7. The number of benzene rings is 3. The number of aromatic carboxylic acids is 1. The SMILES string of the molecule is CC1(C)COC[C@H]1n1c(Cc2cc(F)c(-c3cccc(OCc4ccc(Cl)cc4C(F)(F)F)n3)cc2F)nc2ccc(C(=O)O)cc21. The molecule has 6 rings (SSSR count). The summed E-state index contributed by atoms with van der Waals surface area (Å²) in [6.07, 6.45) is -4.76. The predicted molar refractivity (Wildman–Crippen MR) is 164 cm³/mol. The predicted octanol–water partition coefficient (Wildman–Crippen LogP) is 8.51. The molecule has 0 aliphatic carbocycles. The summed E-state index contributed by atoms with van der Waals surface area (Å²) in [4.78, 5) is 20.6. The molecular formula is C34H27ClF5N3O4. The minimum absolute atomic E-state index is 0.00723. The lowest BCUT2D eigenvalue weighted by molar-refractivity contribution is -0.138. The molecule has 5 aromatic rings. The number of ether oxygens (including phenoxy) is 2. The molecule has 0 unspecified atom stereocenters. The number of fused-ring (bicyclic) bond motifs is 1. The Bertz CT molecular complexity index is 2010. The van der Waals surface area contributed by atoms with Crippen LogP contribution in [0.5, 0.6) is 5.88 Å². The maximum Gasteiger partial charge on any atom is 0.416 e. The second-order valence-electron chi connectivity index (χ2n) is 12.0.